The monoisotopic (exact) mass is 454 g/mol. The van der Waals surface area contributed by atoms with Crippen molar-refractivity contribution in [3.63, 3.8) is 0 Å². The maximum absolute atomic E-state index is 12.4. The molecule has 0 radical (unpaired) electrons. The van der Waals surface area contributed by atoms with Crippen molar-refractivity contribution in [1.82, 2.24) is 9.97 Å². The van der Waals surface area contributed by atoms with Crippen molar-refractivity contribution < 1.29 is 14.3 Å². The van der Waals surface area contributed by atoms with E-state index in [9.17, 15) is 4.79 Å². The molecule has 3 aromatic carbocycles. The van der Waals surface area contributed by atoms with Gasteiger partial charge in [-0.15, -0.1) is 0 Å². The smallest absolute Gasteiger partial charge is 0.323 e. The van der Waals surface area contributed by atoms with Gasteiger partial charge in [0.2, 0.25) is 5.88 Å². The Morgan fingerprint density at radius 3 is 2.29 bits per heavy atom. The minimum atomic E-state index is -0.337. The topological polar surface area (TPSA) is 85.4 Å². The molecule has 4 rings (SSSR count). The summed E-state index contributed by atoms with van der Waals surface area (Å²) in [7, 11) is 1.62. The predicted molar refractivity (Wildman–Crippen MR) is 134 cm³/mol. The van der Waals surface area contributed by atoms with Crippen molar-refractivity contribution in [2.45, 2.75) is 19.8 Å². The number of aromatic nitrogens is 2. The van der Waals surface area contributed by atoms with Crippen LogP contribution in [-0.2, 0) is 0 Å². The van der Waals surface area contributed by atoms with Gasteiger partial charge in [-0.1, -0.05) is 32.0 Å². The fourth-order valence-corrected chi connectivity index (χ4v) is 3.30. The van der Waals surface area contributed by atoms with Crippen molar-refractivity contribution in [3.05, 3.63) is 90.8 Å². The quantitative estimate of drug-likeness (QED) is 0.324. The van der Waals surface area contributed by atoms with Crippen LogP contribution in [0, 0.1) is 0 Å². The zero-order valence-corrected chi connectivity index (χ0v) is 19.3. The summed E-state index contributed by atoms with van der Waals surface area (Å²) in [6.07, 6.45) is 3.21. The molecule has 0 aliphatic carbocycles. The summed E-state index contributed by atoms with van der Waals surface area (Å²) in [5, 5.41) is 5.66. The Balaban J connectivity index is 1.41. The molecule has 1 aromatic heterocycles. The number of urea groups is 1. The summed E-state index contributed by atoms with van der Waals surface area (Å²) >= 11 is 0. The second-order valence-corrected chi connectivity index (χ2v) is 7.96. The summed E-state index contributed by atoms with van der Waals surface area (Å²) in [6, 6.07) is 22.1. The summed E-state index contributed by atoms with van der Waals surface area (Å²) in [5.41, 5.74) is 4.10. The number of carbonyl (C=O) groups excluding carboxylic acids is 1. The van der Waals surface area contributed by atoms with Crippen LogP contribution in [0.1, 0.15) is 25.3 Å². The number of carbonyl (C=O) groups is 1. The largest absolute Gasteiger partial charge is 0.497 e. The van der Waals surface area contributed by atoms with E-state index in [1.165, 1.54) is 5.56 Å². The van der Waals surface area contributed by atoms with E-state index >= 15 is 0 Å². The molecular formula is C27H26N4O3. The Kier molecular flexibility index (Phi) is 7.03. The first-order valence-corrected chi connectivity index (χ1v) is 10.9. The molecule has 0 aliphatic rings. The molecule has 0 unspecified atom stereocenters. The molecule has 0 saturated carbocycles. The molecule has 7 heteroatoms. The van der Waals surface area contributed by atoms with E-state index in [1.54, 1.807) is 43.8 Å². The van der Waals surface area contributed by atoms with E-state index in [2.05, 4.69) is 34.4 Å². The second kappa shape index (κ2) is 10.5. The minimum absolute atomic E-state index is 0.337. The molecule has 2 amide bonds. The Bertz CT molecular complexity index is 1260. The van der Waals surface area contributed by atoms with Crippen molar-refractivity contribution >= 4 is 17.4 Å². The van der Waals surface area contributed by atoms with E-state index in [4.69, 9.17) is 9.47 Å². The number of nitrogens with zero attached hydrogens (tertiary/aromatic N) is 2. The van der Waals surface area contributed by atoms with Gasteiger partial charge < -0.3 is 20.1 Å². The van der Waals surface area contributed by atoms with Crippen LogP contribution in [-0.4, -0.2) is 23.1 Å². The van der Waals surface area contributed by atoms with Crippen LogP contribution in [0.15, 0.2) is 85.2 Å². The molecule has 0 aliphatic heterocycles. The minimum Gasteiger partial charge on any atom is -0.497 e. The Morgan fingerprint density at radius 1 is 0.853 bits per heavy atom. The Labute approximate surface area is 198 Å². The first-order chi connectivity index (χ1) is 16.5. The highest BCUT2D eigenvalue weighted by atomic mass is 16.5. The van der Waals surface area contributed by atoms with Crippen LogP contribution in [0.25, 0.3) is 11.3 Å². The van der Waals surface area contributed by atoms with Crippen LogP contribution in [0.3, 0.4) is 0 Å². The lowest BCUT2D eigenvalue weighted by atomic mass is 10.0. The van der Waals surface area contributed by atoms with Crippen LogP contribution < -0.4 is 20.1 Å². The van der Waals surface area contributed by atoms with Gasteiger partial charge in [-0.2, -0.15) is 0 Å². The molecule has 2 N–H and O–H groups in total. The van der Waals surface area contributed by atoms with Gasteiger partial charge in [-0.05, 0) is 60.0 Å². The maximum atomic E-state index is 12.4. The van der Waals surface area contributed by atoms with Crippen molar-refractivity contribution in [2.24, 2.45) is 0 Å². The summed E-state index contributed by atoms with van der Waals surface area (Å²) < 4.78 is 11.1. The number of amides is 2. The average Bonchev–Trinajstić information content (AvgIpc) is 2.85. The van der Waals surface area contributed by atoms with Crippen molar-refractivity contribution in [1.29, 1.82) is 0 Å². The van der Waals surface area contributed by atoms with E-state index in [0.717, 1.165) is 17.0 Å². The lowest BCUT2D eigenvalue weighted by molar-refractivity contribution is 0.262. The van der Waals surface area contributed by atoms with E-state index < -0.39 is 0 Å². The SMILES string of the molecule is COc1ccc(-c2cncc(Oc3cccc(NC(=O)Nc4ccc(C(C)C)cc4)c3)n2)cc1. The number of anilines is 2. The molecule has 0 atom stereocenters. The number of methoxy groups -OCH3 is 1. The maximum Gasteiger partial charge on any atom is 0.323 e. The van der Waals surface area contributed by atoms with Gasteiger partial charge >= 0.3 is 6.03 Å². The number of hydrogen-bond donors (Lipinski definition) is 2. The third-order valence-corrected chi connectivity index (χ3v) is 5.15. The van der Waals surface area contributed by atoms with Gasteiger partial charge in [0.25, 0.3) is 0 Å². The molecule has 0 fully saturated rings. The van der Waals surface area contributed by atoms with Crippen LogP contribution >= 0.6 is 0 Å². The summed E-state index contributed by atoms with van der Waals surface area (Å²) in [4.78, 5) is 21.2. The predicted octanol–water partition coefficient (Wildman–Crippen LogP) is 6.71. The standard InChI is InChI=1S/C27H26N4O3/c1-18(2)19-7-11-21(12-8-19)29-27(32)30-22-5-4-6-24(15-22)34-26-17-28-16-25(31-26)20-9-13-23(33-3)14-10-20/h4-18H,1-3H3,(H2,29,30,32). The number of rotatable bonds is 7. The van der Waals surface area contributed by atoms with Gasteiger partial charge in [0.1, 0.15) is 11.5 Å². The molecule has 172 valence electrons. The van der Waals surface area contributed by atoms with Gasteiger partial charge in [-0.25, -0.2) is 9.78 Å². The lowest BCUT2D eigenvalue weighted by Crippen LogP contribution is -2.19. The Hall–Kier alpha value is -4.39. The first kappa shape index (κ1) is 22.8. The third kappa shape index (κ3) is 5.89. The highest BCUT2D eigenvalue weighted by molar-refractivity contribution is 5.99. The molecular weight excluding hydrogens is 428 g/mol. The van der Waals surface area contributed by atoms with Crippen LogP contribution in [0.5, 0.6) is 17.4 Å². The highest BCUT2D eigenvalue weighted by Crippen LogP contribution is 2.26. The van der Waals surface area contributed by atoms with Crippen LogP contribution in [0.2, 0.25) is 0 Å². The average molecular weight is 455 g/mol. The normalized spacial score (nSPS) is 10.6. The number of benzene rings is 3. The van der Waals surface area contributed by atoms with Gasteiger partial charge in [-0.3, -0.25) is 4.98 Å². The fraction of sp³-hybridized carbons (Fsp3) is 0.148. The van der Waals surface area contributed by atoms with E-state index in [1.807, 2.05) is 48.5 Å². The second-order valence-electron chi connectivity index (χ2n) is 7.96. The summed E-state index contributed by atoms with van der Waals surface area (Å²) in [6.45, 7) is 4.26. The number of hydrogen-bond acceptors (Lipinski definition) is 5. The zero-order valence-electron chi connectivity index (χ0n) is 19.3. The molecule has 0 bridgehead atoms. The molecule has 0 saturated heterocycles. The van der Waals surface area contributed by atoms with E-state index in [-0.39, 0.29) is 6.03 Å². The highest BCUT2D eigenvalue weighted by Gasteiger charge is 2.08. The van der Waals surface area contributed by atoms with E-state index in [0.29, 0.717) is 28.9 Å². The van der Waals surface area contributed by atoms with Crippen molar-refractivity contribution in [3.8, 4) is 28.6 Å². The molecule has 1 heterocycles. The van der Waals surface area contributed by atoms with Gasteiger partial charge in [0.15, 0.2) is 0 Å². The third-order valence-electron chi connectivity index (χ3n) is 5.15. The summed E-state index contributed by atoms with van der Waals surface area (Å²) in [5.74, 6) is 2.08. The zero-order chi connectivity index (χ0) is 23.9. The fourth-order valence-electron chi connectivity index (χ4n) is 3.30. The van der Waals surface area contributed by atoms with Crippen molar-refractivity contribution in [2.75, 3.05) is 17.7 Å². The van der Waals surface area contributed by atoms with Gasteiger partial charge in [0.05, 0.1) is 25.2 Å². The number of nitrogens with one attached hydrogen (secondary N) is 2. The number of ether oxygens (including phenoxy) is 2. The first-order valence-electron chi connectivity index (χ1n) is 10.9. The van der Waals surface area contributed by atoms with Crippen LogP contribution in [0.4, 0.5) is 16.2 Å². The Morgan fingerprint density at radius 2 is 1.59 bits per heavy atom. The lowest BCUT2D eigenvalue weighted by Gasteiger charge is -2.11. The molecule has 0 spiro atoms. The molecule has 34 heavy (non-hydrogen) atoms. The van der Waals surface area contributed by atoms with Gasteiger partial charge in [0, 0.05) is 23.0 Å². The molecule has 7 nitrogen and oxygen atoms in total. The molecule has 4 aromatic rings.